The van der Waals surface area contributed by atoms with Gasteiger partial charge in [-0.05, 0) is 105 Å². The number of hydrogen-bond donors (Lipinski definition) is 3. The second-order valence-electron chi connectivity index (χ2n) is 15.2. The largest absolute Gasteiger partial charge is 0.481 e. The van der Waals surface area contributed by atoms with Gasteiger partial charge in [0, 0.05) is 74.4 Å². The highest BCUT2D eigenvalue weighted by Gasteiger charge is 2.30. The van der Waals surface area contributed by atoms with Crippen LogP contribution in [-0.2, 0) is 31.4 Å². The molecule has 8 rings (SSSR count). The number of imidazole rings is 1. The van der Waals surface area contributed by atoms with Crippen LogP contribution in [0.25, 0.3) is 22.0 Å². The Bertz CT molecular complexity index is 2210. The average molecular weight is 747 g/mol. The summed E-state index contributed by atoms with van der Waals surface area (Å²) in [5, 5.41) is 17.4. The van der Waals surface area contributed by atoms with Gasteiger partial charge in [0.2, 0.25) is 0 Å². The van der Waals surface area contributed by atoms with E-state index < -0.39 is 5.97 Å². The van der Waals surface area contributed by atoms with Gasteiger partial charge in [-0.2, -0.15) is 0 Å². The predicted octanol–water partition coefficient (Wildman–Crippen LogP) is 7.83. The van der Waals surface area contributed by atoms with Crippen LogP contribution in [0.15, 0.2) is 60.9 Å². The maximum atomic E-state index is 13.7. The topological polar surface area (TPSA) is 129 Å². The van der Waals surface area contributed by atoms with Crippen LogP contribution in [0.2, 0.25) is 5.02 Å². The lowest BCUT2D eigenvalue weighted by Crippen LogP contribution is -2.36. The molecule has 2 fully saturated rings. The number of aromatic nitrogens is 4. The van der Waals surface area contributed by atoms with Gasteiger partial charge in [-0.25, -0.2) is 9.97 Å². The van der Waals surface area contributed by atoms with E-state index in [0.717, 1.165) is 109 Å². The lowest BCUT2D eigenvalue weighted by Gasteiger charge is -2.33. The lowest BCUT2D eigenvalue weighted by atomic mass is 9.81. The number of benzene rings is 2. The second-order valence-corrected chi connectivity index (χ2v) is 15.6. The monoisotopic (exact) mass is 746 g/mol. The molecule has 1 saturated heterocycles. The minimum atomic E-state index is -0.672. The molecule has 54 heavy (non-hydrogen) atoms. The molecule has 0 atom stereocenters. The maximum Gasteiger partial charge on any atom is 0.306 e. The molecule has 12 heteroatoms. The molecule has 0 bridgehead atoms. The summed E-state index contributed by atoms with van der Waals surface area (Å²) < 4.78 is 1.90. The van der Waals surface area contributed by atoms with Gasteiger partial charge in [0.05, 0.1) is 22.3 Å². The number of halogens is 1. The summed E-state index contributed by atoms with van der Waals surface area (Å²) in [6.07, 6.45) is 10.5. The molecule has 1 amide bonds. The number of rotatable bonds is 10. The highest BCUT2D eigenvalue weighted by atomic mass is 35.5. The normalized spacial score (nSPS) is 19.2. The zero-order valence-corrected chi connectivity index (χ0v) is 31.7. The molecule has 280 valence electrons. The Morgan fingerprint density at radius 1 is 0.944 bits per heavy atom. The van der Waals surface area contributed by atoms with E-state index in [1.54, 1.807) is 0 Å². The van der Waals surface area contributed by atoms with Gasteiger partial charge in [0.25, 0.3) is 5.91 Å². The summed E-state index contributed by atoms with van der Waals surface area (Å²) in [6, 6.07) is 15.9. The van der Waals surface area contributed by atoms with Gasteiger partial charge in [-0.1, -0.05) is 35.9 Å². The number of carboxylic acids is 1. The van der Waals surface area contributed by atoms with Crippen LogP contribution >= 0.6 is 11.6 Å². The molecule has 3 aliphatic rings. The number of fused-ring (bicyclic) bond motifs is 2. The van der Waals surface area contributed by atoms with Crippen molar-refractivity contribution in [2.24, 2.45) is 18.9 Å². The van der Waals surface area contributed by atoms with E-state index in [2.05, 4.69) is 38.4 Å². The predicted molar refractivity (Wildman–Crippen MR) is 212 cm³/mol. The third kappa shape index (κ3) is 7.45. The van der Waals surface area contributed by atoms with E-state index in [9.17, 15) is 14.7 Å². The van der Waals surface area contributed by atoms with E-state index in [1.807, 2.05) is 66.5 Å². The summed E-state index contributed by atoms with van der Waals surface area (Å²) in [7, 11) is 1.90. The molecule has 3 aromatic heterocycles. The Kier molecular flexibility index (Phi) is 10.4. The third-order valence-corrected chi connectivity index (χ3v) is 12.0. The Morgan fingerprint density at radius 2 is 1.70 bits per heavy atom. The van der Waals surface area contributed by atoms with E-state index >= 15 is 0 Å². The van der Waals surface area contributed by atoms with Crippen molar-refractivity contribution >= 4 is 51.6 Å². The van der Waals surface area contributed by atoms with E-state index in [4.69, 9.17) is 21.6 Å². The van der Waals surface area contributed by atoms with Crippen LogP contribution in [-0.4, -0.2) is 72.5 Å². The first kappa shape index (κ1) is 36.2. The van der Waals surface area contributed by atoms with Gasteiger partial charge >= 0.3 is 5.97 Å². The summed E-state index contributed by atoms with van der Waals surface area (Å²) in [6.45, 7) is 7.75. The zero-order chi connectivity index (χ0) is 37.3. The average Bonchev–Trinajstić information content (AvgIpc) is 3.81. The standard InChI is InChI=1S/C42H47ClN8O3/c1-26-31(7-5-9-33(26)46-39-38-30(15-17-44-39)21-28(22-45-38)24-50-18-3-4-19-50)32-8-6-10-34(37(32)43)48-41(52)40-47-35-25-51(20-16-36(35)49(40)2)23-27-11-13-29(14-12-27)42(53)54/h5-10,15,17,21-22,27,29H,3-4,11-14,16,18-20,23-25H2,1-2H3,(H,44,46)(H,48,52)(H,53,54). The van der Waals surface area contributed by atoms with Crippen molar-refractivity contribution in [3.63, 3.8) is 0 Å². The molecule has 2 aliphatic heterocycles. The molecule has 1 saturated carbocycles. The van der Waals surface area contributed by atoms with Gasteiger partial charge in [0.1, 0.15) is 5.52 Å². The quantitative estimate of drug-likeness (QED) is 0.131. The number of amides is 1. The molecule has 1 aliphatic carbocycles. The SMILES string of the molecule is Cc1c(Nc2nccc3cc(CN4CCCC4)cnc23)cccc1-c1cccc(NC(=O)c2nc3c(n2C)CCN(CC2CCC(C(=O)O)CC2)C3)c1Cl. The van der Waals surface area contributed by atoms with Gasteiger partial charge in [0.15, 0.2) is 11.6 Å². The van der Waals surface area contributed by atoms with Gasteiger partial charge in [-0.15, -0.1) is 0 Å². The Labute approximate surface area is 320 Å². The molecule has 3 N–H and O–H groups in total. The minimum Gasteiger partial charge on any atom is -0.481 e. The van der Waals surface area contributed by atoms with Crippen molar-refractivity contribution in [3.8, 4) is 11.1 Å². The van der Waals surface area contributed by atoms with Crippen LogP contribution in [0.5, 0.6) is 0 Å². The van der Waals surface area contributed by atoms with Crippen LogP contribution in [0, 0.1) is 18.8 Å². The molecule has 0 spiro atoms. The number of carbonyl (C=O) groups excluding carboxylic acids is 1. The Hall–Kier alpha value is -4.84. The van der Waals surface area contributed by atoms with E-state index in [1.165, 1.54) is 18.4 Å². The van der Waals surface area contributed by atoms with Crippen molar-refractivity contribution in [1.82, 2.24) is 29.3 Å². The van der Waals surface area contributed by atoms with Crippen molar-refractivity contribution in [3.05, 3.63) is 94.3 Å². The fourth-order valence-electron chi connectivity index (χ4n) is 8.59. The molecule has 2 aromatic carbocycles. The van der Waals surface area contributed by atoms with Crippen LogP contribution in [0.1, 0.15) is 71.7 Å². The number of aliphatic carboxylic acids is 1. The molecule has 5 aromatic rings. The zero-order valence-electron chi connectivity index (χ0n) is 30.9. The smallest absolute Gasteiger partial charge is 0.306 e. The summed E-state index contributed by atoms with van der Waals surface area (Å²) in [5.41, 5.74) is 8.16. The highest BCUT2D eigenvalue weighted by molar-refractivity contribution is 6.36. The maximum absolute atomic E-state index is 13.7. The summed E-state index contributed by atoms with van der Waals surface area (Å²) >= 11 is 7.06. The molecular weight excluding hydrogens is 700 g/mol. The number of carboxylic acid groups (broad SMARTS) is 1. The summed E-state index contributed by atoms with van der Waals surface area (Å²) in [4.78, 5) is 44.3. The van der Waals surface area contributed by atoms with Gasteiger partial charge in [-0.3, -0.25) is 24.4 Å². The molecule has 0 radical (unpaired) electrons. The van der Waals surface area contributed by atoms with Crippen molar-refractivity contribution in [2.75, 3.05) is 36.8 Å². The van der Waals surface area contributed by atoms with Crippen LogP contribution < -0.4 is 10.6 Å². The van der Waals surface area contributed by atoms with Gasteiger partial charge < -0.3 is 20.3 Å². The Morgan fingerprint density at radius 3 is 2.48 bits per heavy atom. The number of likely N-dealkylation sites (tertiary alicyclic amines) is 1. The second kappa shape index (κ2) is 15.5. The molecule has 5 heterocycles. The summed E-state index contributed by atoms with van der Waals surface area (Å²) in [5.74, 6) is 0.349. The Balaban J connectivity index is 0.963. The molecule has 0 unspecified atom stereocenters. The van der Waals surface area contributed by atoms with Crippen molar-refractivity contribution in [2.45, 2.75) is 65.0 Å². The van der Waals surface area contributed by atoms with Crippen molar-refractivity contribution in [1.29, 1.82) is 0 Å². The number of carbonyl (C=O) groups is 2. The number of anilines is 3. The number of hydrogen-bond acceptors (Lipinski definition) is 8. The number of pyridine rings is 2. The number of nitrogens with zero attached hydrogens (tertiary/aromatic N) is 6. The highest BCUT2D eigenvalue weighted by Crippen LogP contribution is 2.39. The first-order chi connectivity index (χ1) is 26.2. The lowest BCUT2D eigenvalue weighted by molar-refractivity contribution is -0.143. The number of nitrogens with one attached hydrogen (secondary N) is 2. The fraction of sp³-hybridized carbons (Fsp3) is 0.405. The first-order valence-electron chi connectivity index (χ1n) is 19.1. The van der Waals surface area contributed by atoms with Crippen LogP contribution in [0.4, 0.5) is 17.2 Å². The van der Waals surface area contributed by atoms with E-state index in [0.29, 0.717) is 34.8 Å². The van der Waals surface area contributed by atoms with Crippen molar-refractivity contribution < 1.29 is 14.7 Å². The molecular formula is C42H47ClN8O3. The minimum absolute atomic E-state index is 0.208. The van der Waals surface area contributed by atoms with Crippen LogP contribution in [0.3, 0.4) is 0 Å². The molecule has 11 nitrogen and oxygen atoms in total. The third-order valence-electron chi connectivity index (χ3n) is 11.6. The first-order valence-corrected chi connectivity index (χ1v) is 19.5. The fourth-order valence-corrected chi connectivity index (χ4v) is 8.86. The van der Waals surface area contributed by atoms with E-state index in [-0.39, 0.29) is 11.8 Å².